The molecule has 0 bridgehead atoms. The molecule has 112 valence electrons. The van der Waals surface area contributed by atoms with Crippen LogP contribution in [0.2, 0.25) is 0 Å². The van der Waals surface area contributed by atoms with E-state index < -0.39 is 0 Å². The third kappa shape index (κ3) is 5.69. The number of rotatable bonds is 7. The van der Waals surface area contributed by atoms with Crippen molar-refractivity contribution in [2.75, 3.05) is 6.54 Å². The molecule has 0 saturated carbocycles. The number of nitrogens with zero attached hydrogens (tertiary/aromatic N) is 1. The molecule has 0 fully saturated rings. The van der Waals surface area contributed by atoms with E-state index in [4.69, 9.17) is 4.42 Å². The molecule has 0 aromatic carbocycles. The summed E-state index contributed by atoms with van der Waals surface area (Å²) in [6.45, 7) is 2.59. The van der Waals surface area contributed by atoms with Gasteiger partial charge < -0.3 is 15.1 Å². The molecular weight excluding hydrogens is 266 g/mol. The van der Waals surface area contributed by atoms with E-state index in [0.29, 0.717) is 6.54 Å². The number of carbonyl (C=O) groups is 1. The predicted octanol–water partition coefficient (Wildman–Crippen LogP) is 2.54. The van der Waals surface area contributed by atoms with Crippen molar-refractivity contribution < 1.29 is 9.21 Å². The van der Waals surface area contributed by atoms with Crippen LogP contribution in [0.15, 0.2) is 47.3 Å². The third-order valence-corrected chi connectivity index (χ3v) is 3.20. The van der Waals surface area contributed by atoms with Crippen LogP contribution in [0.25, 0.3) is 0 Å². The molecule has 21 heavy (non-hydrogen) atoms. The maximum absolute atomic E-state index is 11.7. The Bertz CT molecular complexity index is 526. The Kier molecular flexibility index (Phi) is 5.82. The van der Waals surface area contributed by atoms with Crippen molar-refractivity contribution in [2.45, 2.75) is 32.2 Å². The van der Waals surface area contributed by atoms with Gasteiger partial charge >= 0.3 is 6.03 Å². The molecular formula is C16H21N3O2. The molecule has 0 aliphatic heterocycles. The number of aryl methyl sites for hydroxylation is 1. The molecule has 2 heterocycles. The highest BCUT2D eigenvalue weighted by Gasteiger charge is 2.07. The summed E-state index contributed by atoms with van der Waals surface area (Å²) in [5.74, 6) is 0.945. The van der Waals surface area contributed by atoms with E-state index in [2.05, 4.69) is 15.6 Å². The van der Waals surface area contributed by atoms with E-state index in [9.17, 15) is 4.79 Å². The lowest BCUT2D eigenvalue weighted by Crippen LogP contribution is -2.41. The minimum absolute atomic E-state index is 0.105. The van der Waals surface area contributed by atoms with Crippen LogP contribution in [-0.4, -0.2) is 23.6 Å². The zero-order valence-electron chi connectivity index (χ0n) is 12.2. The molecule has 0 unspecified atom stereocenters. The first-order valence-corrected chi connectivity index (χ1v) is 7.19. The second-order valence-electron chi connectivity index (χ2n) is 5.03. The average Bonchev–Trinajstić information content (AvgIpc) is 2.99. The molecule has 2 aromatic rings. The number of urea groups is 1. The van der Waals surface area contributed by atoms with E-state index >= 15 is 0 Å². The number of carbonyl (C=O) groups excluding carboxylic acids is 1. The Hall–Kier alpha value is -2.30. The highest BCUT2D eigenvalue weighted by Crippen LogP contribution is 2.05. The van der Waals surface area contributed by atoms with Crippen molar-refractivity contribution in [3.63, 3.8) is 0 Å². The smallest absolute Gasteiger partial charge is 0.315 e. The predicted molar refractivity (Wildman–Crippen MR) is 81.0 cm³/mol. The Labute approximate surface area is 124 Å². The van der Waals surface area contributed by atoms with Gasteiger partial charge in [0.1, 0.15) is 5.76 Å². The van der Waals surface area contributed by atoms with Crippen LogP contribution >= 0.6 is 0 Å². The molecule has 2 rings (SSSR count). The standard InChI is InChI=1S/C16H21N3O2/c1-13(6-7-15-5-3-11-21-15)19-16(20)18-10-8-14-4-2-9-17-12-14/h2-5,9,11-13H,6-8,10H2,1H3,(H2,18,19,20)/t13-/m1/s1. The number of furan rings is 1. The lowest BCUT2D eigenvalue weighted by atomic mass is 10.1. The van der Waals surface area contributed by atoms with Crippen molar-refractivity contribution >= 4 is 6.03 Å². The number of nitrogens with one attached hydrogen (secondary N) is 2. The van der Waals surface area contributed by atoms with E-state index in [-0.39, 0.29) is 12.1 Å². The van der Waals surface area contributed by atoms with Gasteiger partial charge in [0.25, 0.3) is 0 Å². The number of amides is 2. The maximum Gasteiger partial charge on any atom is 0.315 e. The van der Waals surface area contributed by atoms with Gasteiger partial charge in [-0.05, 0) is 43.5 Å². The fraction of sp³-hybridized carbons (Fsp3) is 0.375. The van der Waals surface area contributed by atoms with Gasteiger partial charge in [0.05, 0.1) is 6.26 Å². The summed E-state index contributed by atoms with van der Waals surface area (Å²) in [6, 6.07) is 7.68. The van der Waals surface area contributed by atoms with Crippen LogP contribution < -0.4 is 10.6 Å². The van der Waals surface area contributed by atoms with Crippen LogP contribution in [0.1, 0.15) is 24.7 Å². The highest BCUT2D eigenvalue weighted by atomic mass is 16.3. The molecule has 0 radical (unpaired) electrons. The molecule has 0 aliphatic carbocycles. The quantitative estimate of drug-likeness (QED) is 0.822. The molecule has 2 amide bonds. The first-order valence-electron chi connectivity index (χ1n) is 7.19. The lowest BCUT2D eigenvalue weighted by molar-refractivity contribution is 0.237. The van der Waals surface area contributed by atoms with E-state index in [0.717, 1.165) is 30.6 Å². The third-order valence-electron chi connectivity index (χ3n) is 3.20. The maximum atomic E-state index is 11.7. The van der Waals surface area contributed by atoms with Crippen LogP contribution in [0.3, 0.4) is 0 Å². The number of hydrogen-bond acceptors (Lipinski definition) is 3. The molecule has 0 aliphatic rings. The minimum atomic E-state index is -0.133. The minimum Gasteiger partial charge on any atom is -0.469 e. The lowest BCUT2D eigenvalue weighted by Gasteiger charge is -2.14. The van der Waals surface area contributed by atoms with Crippen molar-refractivity contribution in [1.29, 1.82) is 0 Å². The van der Waals surface area contributed by atoms with Gasteiger partial charge in [0, 0.05) is 31.4 Å². The second kappa shape index (κ2) is 8.09. The first kappa shape index (κ1) is 15.1. The molecule has 0 spiro atoms. The van der Waals surface area contributed by atoms with Gasteiger partial charge in [-0.2, -0.15) is 0 Å². The second-order valence-corrected chi connectivity index (χ2v) is 5.03. The number of aromatic nitrogens is 1. The summed E-state index contributed by atoms with van der Waals surface area (Å²) in [7, 11) is 0. The van der Waals surface area contributed by atoms with Crippen molar-refractivity contribution in [3.05, 3.63) is 54.2 Å². The van der Waals surface area contributed by atoms with Crippen molar-refractivity contribution in [2.24, 2.45) is 0 Å². The van der Waals surface area contributed by atoms with E-state index in [1.54, 1.807) is 12.5 Å². The van der Waals surface area contributed by atoms with Gasteiger partial charge in [-0.15, -0.1) is 0 Å². The summed E-state index contributed by atoms with van der Waals surface area (Å²) in [5, 5.41) is 5.78. The highest BCUT2D eigenvalue weighted by molar-refractivity contribution is 5.74. The van der Waals surface area contributed by atoms with Crippen LogP contribution in [0.4, 0.5) is 4.79 Å². The normalized spacial score (nSPS) is 11.9. The zero-order chi connectivity index (χ0) is 14.9. The van der Waals surface area contributed by atoms with Gasteiger partial charge in [0.15, 0.2) is 0 Å². The van der Waals surface area contributed by atoms with Gasteiger partial charge in [-0.3, -0.25) is 4.98 Å². The van der Waals surface area contributed by atoms with Gasteiger partial charge in [-0.1, -0.05) is 6.07 Å². The summed E-state index contributed by atoms with van der Waals surface area (Å²) < 4.78 is 5.27. The first-order chi connectivity index (χ1) is 10.2. The molecule has 2 N–H and O–H groups in total. The summed E-state index contributed by atoms with van der Waals surface area (Å²) in [6.07, 6.45) is 7.67. The van der Waals surface area contributed by atoms with E-state index in [1.807, 2.05) is 37.4 Å². The summed E-state index contributed by atoms with van der Waals surface area (Å²) >= 11 is 0. The zero-order valence-corrected chi connectivity index (χ0v) is 12.2. The van der Waals surface area contributed by atoms with Gasteiger partial charge in [0.2, 0.25) is 0 Å². The number of hydrogen-bond donors (Lipinski definition) is 2. The van der Waals surface area contributed by atoms with Crippen LogP contribution in [0.5, 0.6) is 0 Å². The summed E-state index contributed by atoms with van der Waals surface area (Å²) in [5.41, 5.74) is 1.11. The largest absolute Gasteiger partial charge is 0.469 e. The Morgan fingerprint density at radius 2 is 2.24 bits per heavy atom. The molecule has 1 atom stereocenters. The van der Waals surface area contributed by atoms with Gasteiger partial charge in [-0.25, -0.2) is 4.79 Å². The molecule has 2 aromatic heterocycles. The Balaban J connectivity index is 1.60. The van der Waals surface area contributed by atoms with E-state index in [1.165, 1.54) is 0 Å². The fourth-order valence-corrected chi connectivity index (χ4v) is 2.03. The van der Waals surface area contributed by atoms with Crippen molar-refractivity contribution in [3.8, 4) is 0 Å². The van der Waals surface area contributed by atoms with Crippen molar-refractivity contribution in [1.82, 2.24) is 15.6 Å². The average molecular weight is 287 g/mol. The van der Waals surface area contributed by atoms with Crippen LogP contribution in [-0.2, 0) is 12.8 Å². The topological polar surface area (TPSA) is 67.2 Å². The van der Waals surface area contributed by atoms with Crippen LogP contribution in [0, 0.1) is 0 Å². The molecule has 5 nitrogen and oxygen atoms in total. The fourth-order valence-electron chi connectivity index (χ4n) is 2.03. The Morgan fingerprint density at radius 1 is 1.33 bits per heavy atom. The summed E-state index contributed by atoms with van der Waals surface area (Å²) in [4.78, 5) is 15.8. The molecule has 5 heteroatoms. The monoisotopic (exact) mass is 287 g/mol. The Morgan fingerprint density at radius 3 is 2.95 bits per heavy atom. The molecule has 0 saturated heterocycles. The number of pyridine rings is 1. The SMILES string of the molecule is C[C@H](CCc1ccco1)NC(=O)NCCc1cccnc1.